The van der Waals surface area contributed by atoms with Gasteiger partial charge in [0.1, 0.15) is 6.20 Å². The lowest BCUT2D eigenvalue weighted by molar-refractivity contribution is -0.385. The van der Waals surface area contributed by atoms with Gasteiger partial charge in [-0.05, 0) is 6.92 Å². The SMILES string of the molecule is COC(CNC(=O)c1cc([N+](=O)[O-])cnc1C)C(=O)O. The summed E-state index contributed by atoms with van der Waals surface area (Å²) in [6.07, 6.45) is -0.146. The fourth-order valence-electron chi connectivity index (χ4n) is 1.40. The van der Waals surface area contributed by atoms with Crippen molar-refractivity contribution in [2.45, 2.75) is 13.0 Å². The Morgan fingerprint density at radius 2 is 2.25 bits per heavy atom. The molecule has 1 unspecified atom stereocenters. The average Bonchev–Trinajstić information content (AvgIpc) is 2.38. The van der Waals surface area contributed by atoms with Crippen LogP contribution in [0.15, 0.2) is 12.3 Å². The van der Waals surface area contributed by atoms with Crippen LogP contribution in [-0.2, 0) is 9.53 Å². The highest BCUT2D eigenvalue weighted by Crippen LogP contribution is 2.14. The molecule has 0 aromatic carbocycles. The smallest absolute Gasteiger partial charge is 0.334 e. The Labute approximate surface area is 113 Å². The standard InChI is InChI=1S/C11H13N3O6/c1-6-8(3-7(4-12-6)14(18)19)10(15)13-5-9(20-2)11(16)17/h3-4,9H,5H2,1-2H3,(H,13,15)(H,16,17). The molecular formula is C11H13N3O6. The molecule has 0 saturated heterocycles. The van der Waals surface area contributed by atoms with Crippen LogP contribution in [0.25, 0.3) is 0 Å². The highest BCUT2D eigenvalue weighted by Gasteiger charge is 2.20. The van der Waals surface area contributed by atoms with Crippen LogP contribution >= 0.6 is 0 Å². The van der Waals surface area contributed by atoms with Crippen LogP contribution in [0.5, 0.6) is 0 Å². The molecule has 0 spiro atoms. The van der Waals surface area contributed by atoms with E-state index < -0.39 is 22.9 Å². The van der Waals surface area contributed by atoms with E-state index in [1.807, 2.05) is 0 Å². The number of amides is 1. The number of hydrogen-bond acceptors (Lipinski definition) is 6. The maximum absolute atomic E-state index is 11.9. The van der Waals surface area contributed by atoms with Crippen molar-refractivity contribution in [2.75, 3.05) is 13.7 Å². The van der Waals surface area contributed by atoms with E-state index in [2.05, 4.69) is 15.0 Å². The Balaban J connectivity index is 2.84. The lowest BCUT2D eigenvalue weighted by Gasteiger charge is -2.12. The molecule has 9 heteroatoms. The summed E-state index contributed by atoms with van der Waals surface area (Å²) >= 11 is 0. The van der Waals surface area contributed by atoms with Crippen molar-refractivity contribution in [2.24, 2.45) is 0 Å². The largest absolute Gasteiger partial charge is 0.479 e. The molecule has 0 radical (unpaired) electrons. The van der Waals surface area contributed by atoms with Gasteiger partial charge >= 0.3 is 5.97 Å². The summed E-state index contributed by atoms with van der Waals surface area (Å²) in [5.74, 6) is -1.87. The van der Waals surface area contributed by atoms with Gasteiger partial charge in [0.2, 0.25) is 0 Å². The summed E-state index contributed by atoms with van der Waals surface area (Å²) in [6, 6.07) is 1.08. The molecule has 0 aliphatic rings. The first-order valence-corrected chi connectivity index (χ1v) is 5.51. The number of nitro groups is 1. The highest BCUT2D eigenvalue weighted by atomic mass is 16.6. The number of nitrogens with one attached hydrogen (secondary N) is 1. The number of carbonyl (C=O) groups is 2. The predicted octanol–water partition coefficient (Wildman–Crippen LogP) is 0.128. The van der Waals surface area contributed by atoms with Crippen LogP contribution in [0.4, 0.5) is 5.69 Å². The number of carbonyl (C=O) groups excluding carboxylic acids is 1. The van der Waals surface area contributed by atoms with Crippen molar-refractivity contribution in [1.82, 2.24) is 10.3 Å². The molecule has 0 bridgehead atoms. The molecule has 108 valence electrons. The summed E-state index contributed by atoms with van der Waals surface area (Å²) in [6.45, 7) is 1.26. The molecule has 1 heterocycles. The minimum atomic E-state index is -1.22. The maximum atomic E-state index is 11.9. The third kappa shape index (κ3) is 3.72. The number of hydrogen-bond donors (Lipinski definition) is 2. The summed E-state index contributed by atoms with van der Waals surface area (Å²) < 4.78 is 4.65. The minimum absolute atomic E-state index is 0.0134. The molecule has 0 aliphatic carbocycles. The Bertz CT molecular complexity index is 545. The van der Waals surface area contributed by atoms with E-state index in [9.17, 15) is 19.7 Å². The first-order chi connectivity index (χ1) is 9.36. The second kappa shape index (κ2) is 6.57. The number of carboxylic acid groups (broad SMARTS) is 1. The van der Waals surface area contributed by atoms with E-state index in [1.165, 1.54) is 14.0 Å². The van der Waals surface area contributed by atoms with Crippen molar-refractivity contribution in [3.8, 4) is 0 Å². The van der Waals surface area contributed by atoms with Gasteiger partial charge in [-0.1, -0.05) is 0 Å². The Morgan fingerprint density at radius 3 is 2.75 bits per heavy atom. The summed E-state index contributed by atoms with van der Waals surface area (Å²) in [7, 11) is 1.20. The molecule has 1 amide bonds. The number of aliphatic carboxylic acids is 1. The molecular weight excluding hydrogens is 270 g/mol. The molecule has 1 atom stereocenters. The van der Waals surface area contributed by atoms with Crippen LogP contribution < -0.4 is 5.32 Å². The zero-order valence-electron chi connectivity index (χ0n) is 10.8. The topological polar surface area (TPSA) is 132 Å². The number of pyridine rings is 1. The zero-order chi connectivity index (χ0) is 15.3. The van der Waals surface area contributed by atoms with Crippen LogP contribution in [0.1, 0.15) is 16.1 Å². The number of carboxylic acids is 1. The van der Waals surface area contributed by atoms with Gasteiger partial charge in [0.15, 0.2) is 6.10 Å². The number of rotatable bonds is 6. The van der Waals surface area contributed by atoms with E-state index in [0.29, 0.717) is 5.69 Å². The Hall–Kier alpha value is -2.55. The van der Waals surface area contributed by atoms with Gasteiger partial charge in [-0.3, -0.25) is 19.9 Å². The number of methoxy groups -OCH3 is 1. The fourth-order valence-corrected chi connectivity index (χ4v) is 1.40. The number of aromatic nitrogens is 1. The minimum Gasteiger partial charge on any atom is -0.479 e. The highest BCUT2D eigenvalue weighted by molar-refractivity contribution is 5.96. The summed E-state index contributed by atoms with van der Waals surface area (Å²) in [5.41, 5.74) is -0.000824. The molecule has 2 N–H and O–H groups in total. The first-order valence-electron chi connectivity index (χ1n) is 5.51. The van der Waals surface area contributed by atoms with Crippen LogP contribution in [0.3, 0.4) is 0 Å². The Kier molecular flexibility index (Phi) is 5.09. The van der Waals surface area contributed by atoms with E-state index >= 15 is 0 Å². The monoisotopic (exact) mass is 283 g/mol. The third-order valence-corrected chi connectivity index (χ3v) is 2.54. The van der Waals surface area contributed by atoms with Gasteiger partial charge in [0.05, 0.1) is 22.7 Å². The van der Waals surface area contributed by atoms with Crippen molar-refractivity contribution < 1.29 is 24.4 Å². The van der Waals surface area contributed by atoms with E-state index in [4.69, 9.17) is 5.11 Å². The number of aryl methyl sites for hydroxylation is 1. The van der Waals surface area contributed by atoms with Gasteiger partial charge in [-0.15, -0.1) is 0 Å². The van der Waals surface area contributed by atoms with Crippen LogP contribution in [0, 0.1) is 17.0 Å². The van der Waals surface area contributed by atoms with Crippen molar-refractivity contribution in [1.29, 1.82) is 0 Å². The molecule has 0 saturated carbocycles. The van der Waals surface area contributed by atoms with Gasteiger partial charge < -0.3 is 15.2 Å². The second-order valence-electron chi connectivity index (χ2n) is 3.86. The molecule has 0 fully saturated rings. The van der Waals surface area contributed by atoms with Crippen molar-refractivity contribution in [3.63, 3.8) is 0 Å². The van der Waals surface area contributed by atoms with Crippen LogP contribution in [0.2, 0.25) is 0 Å². The fraction of sp³-hybridized carbons (Fsp3) is 0.364. The van der Waals surface area contributed by atoms with E-state index in [1.54, 1.807) is 0 Å². The molecule has 20 heavy (non-hydrogen) atoms. The molecule has 1 aromatic rings. The van der Waals surface area contributed by atoms with E-state index in [0.717, 1.165) is 12.3 Å². The van der Waals surface area contributed by atoms with Crippen molar-refractivity contribution in [3.05, 3.63) is 33.6 Å². The second-order valence-corrected chi connectivity index (χ2v) is 3.86. The average molecular weight is 283 g/mol. The summed E-state index contributed by atoms with van der Waals surface area (Å²) in [4.78, 5) is 36.3. The van der Waals surface area contributed by atoms with Gasteiger partial charge in [-0.25, -0.2) is 4.79 Å². The predicted molar refractivity (Wildman–Crippen MR) is 66.4 cm³/mol. The maximum Gasteiger partial charge on any atom is 0.334 e. The van der Waals surface area contributed by atoms with Crippen LogP contribution in [-0.4, -0.2) is 46.6 Å². The quantitative estimate of drug-likeness (QED) is 0.560. The Morgan fingerprint density at radius 1 is 1.60 bits per heavy atom. The molecule has 1 rings (SSSR count). The lowest BCUT2D eigenvalue weighted by Crippen LogP contribution is -2.38. The van der Waals surface area contributed by atoms with Gasteiger partial charge in [0, 0.05) is 13.2 Å². The van der Waals surface area contributed by atoms with Gasteiger partial charge in [-0.2, -0.15) is 0 Å². The third-order valence-electron chi connectivity index (χ3n) is 2.54. The normalized spacial score (nSPS) is 11.7. The number of nitrogens with zero attached hydrogens (tertiary/aromatic N) is 2. The van der Waals surface area contributed by atoms with E-state index in [-0.39, 0.29) is 17.8 Å². The van der Waals surface area contributed by atoms with Gasteiger partial charge in [0.25, 0.3) is 11.6 Å². The first kappa shape index (κ1) is 15.5. The molecule has 1 aromatic heterocycles. The van der Waals surface area contributed by atoms with Crippen molar-refractivity contribution >= 4 is 17.6 Å². The molecule has 0 aliphatic heterocycles. The summed E-state index contributed by atoms with van der Waals surface area (Å²) in [5, 5.41) is 21.7. The zero-order valence-corrected chi connectivity index (χ0v) is 10.8. The molecule has 9 nitrogen and oxygen atoms in total. The lowest BCUT2D eigenvalue weighted by atomic mass is 10.1. The number of ether oxygens (including phenoxy) is 1.